The molecule has 0 unspecified atom stereocenters. The maximum Gasteiger partial charge on any atom is 0.316 e. The van der Waals surface area contributed by atoms with Crippen LogP contribution in [0.3, 0.4) is 0 Å². The summed E-state index contributed by atoms with van der Waals surface area (Å²) in [4.78, 5) is 15.7. The topological polar surface area (TPSA) is 67.2 Å². The Bertz CT molecular complexity index is 923. The highest BCUT2D eigenvalue weighted by atomic mass is 35.5. The smallest absolute Gasteiger partial charge is 0.316 e. The van der Waals surface area contributed by atoms with Crippen molar-refractivity contribution in [3.8, 4) is 5.75 Å². The quantitative estimate of drug-likeness (QED) is 0.759. The SMILES string of the molecule is Cc1c(Cl)cccc1Nc1nc(=O)c(O)cn1Cc1ccccc1. The van der Waals surface area contributed by atoms with Crippen molar-refractivity contribution >= 4 is 23.2 Å². The van der Waals surface area contributed by atoms with Crippen molar-refractivity contribution in [1.82, 2.24) is 9.55 Å². The molecule has 0 spiro atoms. The van der Waals surface area contributed by atoms with E-state index in [-0.39, 0.29) is 5.75 Å². The van der Waals surface area contributed by atoms with E-state index in [9.17, 15) is 9.90 Å². The fourth-order valence-corrected chi connectivity index (χ4v) is 2.52. The lowest BCUT2D eigenvalue weighted by Gasteiger charge is -2.16. The standard InChI is InChI=1S/C18H16ClN3O2/c1-12-14(19)8-5-9-15(12)20-18-21-17(24)16(23)11-22(18)10-13-6-3-2-4-7-13/h2-9,11,23H,10H2,1H3,(H,20,21,24). The van der Waals surface area contributed by atoms with E-state index in [1.165, 1.54) is 6.20 Å². The molecule has 0 saturated heterocycles. The normalized spacial score (nSPS) is 10.6. The lowest BCUT2D eigenvalue weighted by Crippen LogP contribution is -2.17. The van der Waals surface area contributed by atoms with Crippen molar-refractivity contribution in [2.24, 2.45) is 0 Å². The number of nitrogens with zero attached hydrogens (tertiary/aromatic N) is 2. The van der Waals surface area contributed by atoms with Crippen molar-refractivity contribution in [3.05, 3.63) is 81.2 Å². The first-order valence-corrected chi connectivity index (χ1v) is 7.79. The number of hydrogen-bond acceptors (Lipinski definition) is 4. The van der Waals surface area contributed by atoms with E-state index in [2.05, 4.69) is 10.3 Å². The molecule has 3 rings (SSSR count). The molecule has 5 nitrogen and oxygen atoms in total. The zero-order valence-electron chi connectivity index (χ0n) is 13.0. The number of aromatic hydroxyl groups is 1. The first-order chi connectivity index (χ1) is 11.5. The maximum absolute atomic E-state index is 11.7. The van der Waals surface area contributed by atoms with Crippen LogP contribution in [0.4, 0.5) is 11.6 Å². The summed E-state index contributed by atoms with van der Waals surface area (Å²) < 4.78 is 1.69. The van der Waals surface area contributed by atoms with Gasteiger partial charge in [-0.1, -0.05) is 48.0 Å². The summed E-state index contributed by atoms with van der Waals surface area (Å²) in [6, 6.07) is 15.2. The molecule has 122 valence electrons. The highest BCUT2D eigenvalue weighted by Gasteiger charge is 2.10. The van der Waals surface area contributed by atoms with Crippen LogP contribution < -0.4 is 10.9 Å². The Kier molecular flexibility index (Phi) is 4.53. The molecule has 2 aromatic carbocycles. The minimum absolute atomic E-state index is 0.340. The number of aromatic nitrogens is 2. The van der Waals surface area contributed by atoms with Gasteiger partial charge in [0.25, 0.3) is 0 Å². The molecule has 2 N–H and O–H groups in total. The first kappa shape index (κ1) is 16.1. The van der Waals surface area contributed by atoms with Crippen LogP contribution in [0.15, 0.2) is 59.5 Å². The average Bonchev–Trinajstić information content (AvgIpc) is 2.57. The maximum atomic E-state index is 11.7. The van der Waals surface area contributed by atoms with E-state index in [4.69, 9.17) is 11.6 Å². The summed E-state index contributed by atoms with van der Waals surface area (Å²) in [5, 5.41) is 13.5. The largest absolute Gasteiger partial charge is 0.502 e. The summed E-state index contributed by atoms with van der Waals surface area (Å²) in [7, 11) is 0. The van der Waals surface area contributed by atoms with Gasteiger partial charge in [0.1, 0.15) is 0 Å². The van der Waals surface area contributed by atoms with Gasteiger partial charge in [0, 0.05) is 10.7 Å². The number of rotatable bonds is 4. The Hall–Kier alpha value is -2.79. The summed E-state index contributed by atoms with van der Waals surface area (Å²) in [5.74, 6) is -0.0497. The third-order valence-corrected chi connectivity index (χ3v) is 4.10. The summed E-state index contributed by atoms with van der Waals surface area (Å²) in [6.07, 6.45) is 1.38. The van der Waals surface area contributed by atoms with Crippen molar-refractivity contribution < 1.29 is 5.11 Å². The Morgan fingerprint density at radius 1 is 1.17 bits per heavy atom. The molecule has 3 aromatic rings. The number of hydrogen-bond donors (Lipinski definition) is 2. The van der Waals surface area contributed by atoms with Crippen LogP contribution in [0.2, 0.25) is 5.02 Å². The Morgan fingerprint density at radius 3 is 2.67 bits per heavy atom. The Labute approximate surface area is 144 Å². The van der Waals surface area contributed by atoms with Crippen molar-refractivity contribution in [2.75, 3.05) is 5.32 Å². The minimum Gasteiger partial charge on any atom is -0.502 e. The molecule has 0 bridgehead atoms. The second-order valence-corrected chi connectivity index (χ2v) is 5.81. The van der Waals surface area contributed by atoms with Crippen molar-refractivity contribution in [3.63, 3.8) is 0 Å². The number of anilines is 2. The molecule has 0 atom stereocenters. The van der Waals surface area contributed by atoms with E-state index < -0.39 is 5.56 Å². The van der Waals surface area contributed by atoms with Crippen molar-refractivity contribution in [2.45, 2.75) is 13.5 Å². The third kappa shape index (κ3) is 3.41. The lowest BCUT2D eigenvalue weighted by molar-refractivity contribution is 0.457. The van der Waals surface area contributed by atoms with E-state index in [1.807, 2.05) is 49.4 Å². The van der Waals surface area contributed by atoms with E-state index in [1.54, 1.807) is 10.6 Å². The first-order valence-electron chi connectivity index (χ1n) is 7.41. The van der Waals surface area contributed by atoms with Gasteiger partial charge >= 0.3 is 5.56 Å². The van der Waals surface area contributed by atoms with Crippen molar-refractivity contribution in [1.29, 1.82) is 0 Å². The molecule has 0 radical (unpaired) electrons. The van der Waals surface area contributed by atoms with Gasteiger partial charge in [-0.2, -0.15) is 4.98 Å². The van der Waals surface area contributed by atoms with Gasteiger partial charge in [0.05, 0.1) is 12.7 Å². The second kappa shape index (κ2) is 6.76. The number of benzene rings is 2. The number of nitrogens with one attached hydrogen (secondary N) is 1. The van der Waals surface area contributed by atoms with Gasteiger partial charge in [-0.05, 0) is 30.2 Å². The van der Waals surface area contributed by atoms with E-state index >= 15 is 0 Å². The summed E-state index contributed by atoms with van der Waals surface area (Å²) in [6.45, 7) is 2.34. The molecular weight excluding hydrogens is 326 g/mol. The zero-order chi connectivity index (χ0) is 17.1. The molecule has 0 aliphatic heterocycles. The van der Waals surface area contributed by atoms with Crippen LogP contribution in [0, 0.1) is 6.92 Å². The van der Waals surface area contributed by atoms with Gasteiger partial charge in [-0.3, -0.25) is 4.79 Å². The highest BCUT2D eigenvalue weighted by Crippen LogP contribution is 2.25. The van der Waals surface area contributed by atoms with Gasteiger partial charge in [-0.25, -0.2) is 0 Å². The highest BCUT2D eigenvalue weighted by molar-refractivity contribution is 6.31. The molecule has 1 aromatic heterocycles. The molecule has 0 amide bonds. The van der Waals surface area contributed by atoms with Gasteiger partial charge in [0.2, 0.25) is 5.95 Å². The molecule has 24 heavy (non-hydrogen) atoms. The molecule has 0 saturated carbocycles. The van der Waals surface area contributed by atoms with E-state index in [0.717, 1.165) is 16.8 Å². The molecule has 0 aliphatic rings. The molecule has 1 heterocycles. The Morgan fingerprint density at radius 2 is 1.92 bits per heavy atom. The van der Waals surface area contributed by atoms with Gasteiger partial charge < -0.3 is 15.0 Å². The molecule has 0 aliphatic carbocycles. The number of halogens is 1. The van der Waals surface area contributed by atoms with Crippen LogP contribution in [-0.2, 0) is 6.54 Å². The zero-order valence-corrected chi connectivity index (χ0v) is 13.8. The second-order valence-electron chi connectivity index (χ2n) is 5.41. The summed E-state index contributed by atoms with van der Waals surface area (Å²) >= 11 is 6.14. The fraction of sp³-hybridized carbons (Fsp3) is 0.111. The monoisotopic (exact) mass is 341 g/mol. The predicted molar refractivity (Wildman–Crippen MR) is 95.2 cm³/mol. The van der Waals surface area contributed by atoms with Crippen LogP contribution in [0.1, 0.15) is 11.1 Å². The van der Waals surface area contributed by atoms with Gasteiger partial charge in [-0.15, -0.1) is 0 Å². The van der Waals surface area contributed by atoms with Crippen LogP contribution in [0.25, 0.3) is 0 Å². The molecule has 6 heteroatoms. The fourth-order valence-electron chi connectivity index (χ4n) is 2.35. The Balaban J connectivity index is 2.01. The third-order valence-electron chi connectivity index (χ3n) is 3.69. The lowest BCUT2D eigenvalue weighted by atomic mass is 10.2. The molecular formula is C18H16ClN3O2. The van der Waals surface area contributed by atoms with Crippen LogP contribution in [0.5, 0.6) is 5.75 Å². The summed E-state index contributed by atoms with van der Waals surface area (Å²) in [5.41, 5.74) is 1.95. The van der Waals surface area contributed by atoms with Gasteiger partial charge in [0.15, 0.2) is 5.75 Å². The van der Waals surface area contributed by atoms with Crippen LogP contribution >= 0.6 is 11.6 Å². The van der Waals surface area contributed by atoms with Crippen LogP contribution in [-0.4, -0.2) is 14.7 Å². The molecule has 0 fully saturated rings. The minimum atomic E-state index is -0.679. The predicted octanol–water partition coefficient (Wildman–Crippen LogP) is 3.70. The average molecular weight is 342 g/mol. The van der Waals surface area contributed by atoms with E-state index in [0.29, 0.717) is 17.5 Å².